The van der Waals surface area contributed by atoms with Gasteiger partial charge in [-0.2, -0.15) is 0 Å². The number of nitrogens with zero attached hydrogens (tertiary/aromatic N) is 2. The van der Waals surface area contributed by atoms with E-state index in [0.29, 0.717) is 11.0 Å². The highest BCUT2D eigenvalue weighted by molar-refractivity contribution is 5.96. The van der Waals surface area contributed by atoms with Gasteiger partial charge in [-0.1, -0.05) is 0 Å². The summed E-state index contributed by atoms with van der Waals surface area (Å²) in [5.41, 5.74) is 5.91. The quantitative estimate of drug-likeness (QED) is 0.695. The number of aromatic carboxylic acids is 1. The number of anilines is 1. The van der Waals surface area contributed by atoms with Crippen molar-refractivity contribution in [3.05, 3.63) is 30.0 Å². The fraction of sp³-hybridized carbons (Fsp3) is 0. The summed E-state index contributed by atoms with van der Waals surface area (Å²) in [5, 5.41) is 9.45. The van der Waals surface area contributed by atoms with E-state index in [1.165, 1.54) is 6.07 Å². The fourth-order valence-electron chi connectivity index (χ4n) is 1.19. The molecule has 0 unspecified atom stereocenters. The number of rotatable bonds is 1. The number of aromatic nitrogens is 2. The average Bonchev–Trinajstić information content (AvgIpc) is 2.16. The summed E-state index contributed by atoms with van der Waals surface area (Å²) in [4.78, 5) is 18.6. The van der Waals surface area contributed by atoms with Crippen LogP contribution < -0.4 is 5.73 Å². The van der Waals surface area contributed by atoms with Crippen molar-refractivity contribution in [2.45, 2.75) is 0 Å². The minimum Gasteiger partial charge on any atom is -0.478 e. The van der Waals surface area contributed by atoms with Crippen molar-refractivity contribution in [1.29, 1.82) is 0 Å². The molecule has 2 heterocycles. The molecule has 5 nitrogen and oxygen atoms in total. The molecule has 0 aliphatic rings. The zero-order valence-electron chi connectivity index (χ0n) is 7.14. The molecule has 0 saturated heterocycles. The van der Waals surface area contributed by atoms with Gasteiger partial charge in [0.2, 0.25) is 0 Å². The molecule has 0 bridgehead atoms. The second-order valence-corrected chi connectivity index (χ2v) is 2.78. The van der Waals surface area contributed by atoms with E-state index in [1.54, 1.807) is 18.3 Å². The number of carboxylic acid groups (broad SMARTS) is 1. The third kappa shape index (κ3) is 1.24. The minimum absolute atomic E-state index is 0.00509. The number of nitrogen functional groups attached to an aromatic ring is 1. The lowest BCUT2D eigenvalue weighted by atomic mass is 10.2. The molecule has 0 radical (unpaired) electrons. The Bertz CT molecular complexity index is 510. The van der Waals surface area contributed by atoms with E-state index in [1.807, 2.05) is 0 Å². The van der Waals surface area contributed by atoms with E-state index >= 15 is 0 Å². The molecule has 0 aromatic carbocycles. The third-order valence-corrected chi connectivity index (χ3v) is 1.85. The van der Waals surface area contributed by atoms with Crippen molar-refractivity contribution < 1.29 is 9.90 Å². The first kappa shape index (κ1) is 8.43. The highest BCUT2D eigenvalue weighted by atomic mass is 16.4. The number of pyridine rings is 2. The van der Waals surface area contributed by atoms with Crippen molar-refractivity contribution in [1.82, 2.24) is 9.97 Å². The Labute approximate surface area is 79.2 Å². The number of carbonyl (C=O) groups is 1. The molecule has 0 spiro atoms. The zero-order chi connectivity index (χ0) is 10.1. The Kier molecular flexibility index (Phi) is 1.78. The summed E-state index contributed by atoms with van der Waals surface area (Å²) in [6.07, 6.45) is 1.58. The van der Waals surface area contributed by atoms with Gasteiger partial charge in [-0.25, -0.2) is 14.8 Å². The number of hydrogen-bond donors (Lipinski definition) is 2. The van der Waals surface area contributed by atoms with Gasteiger partial charge in [-0.3, -0.25) is 0 Å². The maximum atomic E-state index is 10.7. The van der Waals surface area contributed by atoms with E-state index in [0.717, 1.165) is 0 Å². The van der Waals surface area contributed by atoms with Gasteiger partial charge in [-0.15, -0.1) is 0 Å². The molecule has 0 saturated carbocycles. The van der Waals surface area contributed by atoms with Crippen molar-refractivity contribution in [3.8, 4) is 0 Å². The van der Waals surface area contributed by atoms with E-state index in [9.17, 15) is 4.79 Å². The first-order chi connectivity index (χ1) is 6.68. The van der Waals surface area contributed by atoms with E-state index in [-0.39, 0.29) is 11.4 Å². The van der Waals surface area contributed by atoms with Crippen LogP contribution in [0.15, 0.2) is 24.4 Å². The first-order valence-electron chi connectivity index (χ1n) is 3.93. The molecular formula is C9H7N3O2. The van der Waals surface area contributed by atoms with Crippen LogP contribution >= 0.6 is 0 Å². The van der Waals surface area contributed by atoms with Gasteiger partial charge in [0.05, 0.1) is 0 Å². The summed E-state index contributed by atoms with van der Waals surface area (Å²) in [5.74, 6) is -1.09. The molecule has 0 atom stereocenters. The smallest absolute Gasteiger partial charge is 0.339 e. The Balaban J connectivity index is 2.77. The molecule has 5 heteroatoms. The molecule has 0 amide bonds. The number of carboxylic acids is 1. The maximum Gasteiger partial charge on any atom is 0.339 e. The van der Waals surface area contributed by atoms with Crippen LogP contribution in [0.3, 0.4) is 0 Å². The zero-order valence-corrected chi connectivity index (χ0v) is 7.14. The summed E-state index contributed by atoms with van der Waals surface area (Å²) in [6, 6.07) is 4.92. The highest BCUT2D eigenvalue weighted by Crippen LogP contribution is 2.16. The van der Waals surface area contributed by atoms with Crippen LogP contribution in [0, 0.1) is 0 Å². The Morgan fingerprint density at radius 2 is 2.29 bits per heavy atom. The van der Waals surface area contributed by atoms with Crippen LogP contribution in [0.25, 0.3) is 11.0 Å². The normalized spacial score (nSPS) is 10.3. The standard InChI is InChI=1S/C9H7N3O2/c10-7-6(9(13)14)4-5-2-1-3-11-8(5)12-7/h1-4H,(H,13,14)(H2,10,11,12). The van der Waals surface area contributed by atoms with Crippen molar-refractivity contribution >= 4 is 22.8 Å². The topological polar surface area (TPSA) is 89.1 Å². The van der Waals surface area contributed by atoms with E-state index < -0.39 is 5.97 Å². The van der Waals surface area contributed by atoms with Crippen LogP contribution in [0.1, 0.15) is 10.4 Å². The van der Waals surface area contributed by atoms with Gasteiger partial charge in [0.1, 0.15) is 11.4 Å². The molecule has 0 aliphatic carbocycles. The van der Waals surface area contributed by atoms with Crippen molar-refractivity contribution in [3.63, 3.8) is 0 Å². The molecule has 70 valence electrons. The van der Waals surface area contributed by atoms with Crippen LogP contribution in [-0.4, -0.2) is 21.0 Å². The summed E-state index contributed by atoms with van der Waals surface area (Å²) < 4.78 is 0. The second kappa shape index (κ2) is 2.95. The summed E-state index contributed by atoms with van der Waals surface area (Å²) >= 11 is 0. The lowest BCUT2D eigenvalue weighted by Crippen LogP contribution is -2.04. The number of fused-ring (bicyclic) bond motifs is 1. The van der Waals surface area contributed by atoms with Crippen molar-refractivity contribution in [2.75, 3.05) is 5.73 Å². The Hall–Kier alpha value is -2.17. The Morgan fingerprint density at radius 3 is 3.00 bits per heavy atom. The molecule has 2 aromatic rings. The molecule has 3 N–H and O–H groups in total. The first-order valence-corrected chi connectivity index (χ1v) is 3.93. The largest absolute Gasteiger partial charge is 0.478 e. The molecule has 2 aromatic heterocycles. The third-order valence-electron chi connectivity index (χ3n) is 1.85. The highest BCUT2D eigenvalue weighted by Gasteiger charge is 2.10. The molecule has 0 aliphatic heterocycles. The molecular weight excluding hydrogens is 182 g/mol. The van der Waals surface area contributed by atoms with Gasteiger partial charge in [0.25, 0.3) is 0 Å². The van der Waals surface area contributed by atoms with Gasteiger partial charge < -0.3 is 10.8 Å². The monoisotopic (exact) mass is 189 g/mol. The predicted octanol–water partition coefficient (Wildman–Crippen LogP) is 0.910. The van der Waals surface area contributed by atoms with Crippen LogP contribution in [0.2, 0.25) is 0 Å². The lowest BCUT2D eigenvalue weighted by molar-refractivity contribution is 0.0698. The Morgan fingerprint density at radius 1 is 1.50 bits per heavy atom. The van der Waals surface area contributed by atoms with Gasteiger partial charge in [0.15, 0.2) is 5.65 Å². The molecule has 14 heavy (non-hydrogen) atoms. The van der Waals surface area contributed by atoms with Crippen LogP contribution in [0.4, 0.5) is 5.82 Å². The second-order valence-electron chi connectivity index (χ2n) is 2.78. The summed E-state index contributed by atoms with van der Waals surface area (Å²) in [7, 11) is 0. The van der Waals surface area contributed by atoms with Gasteiger partial charge >= 0.3 is 5.97 Å². The predicted molar refractivity (Wildman–Crippen MR) is 50.9 cm³/mol. The molecule has 0 fully saturated rings. The SMILES string of the molecule is Nc1nc2ncccc2cc1C(=O)O. The van der Waals surface area contributed by atoms with Crippen LogP contribution in [-0.2, 0) is 0 Å². The van der Waals surface area contributed by atoms with E-state index in [4.69, 9.17) is 10.8 Å². The lowest BCUT2D eigenvalue weighted by Gasteiger charge is -2.01. The van der Waals surface area contributed by atoms with Crippen LogP contribution in [0.5, 0.6) is 0 Å². The average molecular weight is 189 g/mol. The number of nitrogens with two attached hydrogens (primary N) is 1. The fourth-order valence-corrected chi connectivity index (χ4v) is 1.19. The van der Waals surface area contributed by atoms with Crippen molar-refractivity contribution in [2.24, 2.45) is 0 Å². The number of hydrogen-bond acceptors (Lipinski definition) is 4. The van der Waals surface area contributed by atoms with Gasteiger partial charge in [-0.05, 0) is 18.2 Å². The van der Waals surface area contributed by atoms with E-state index in [2.05, 4.69) is 9.97 Å². The minimum atomic E-state index is -1.08. The molecule has 2 rings (SSSR count). The van der Waals surface area contributed by atoms with Gasteiger partial charge in [0, 0.05) is 11.6 Å². The summed E-state index contributed by atoms with van der Waals surface area (Å²) in [6.45, 7) is 0. The maximum absolute atomic E-state index is 10.7.